The second kappa shape index (κ2) is 5.44. The molecule has 3 aromatic rings. The molecule has 0 amide bonds. The lowest BCUT2D eigenvalue weighted by molar-refractivity contribution is 0.451. The third kappa shape index (κ3) is 2.74. The predicted octanol–water partition coefficient (Wildman–Crippen LogP) is 3.23. The Balaban J connectivity index is 2.09. The number of nitrogens with zero attached hydrogens (tertiary/aromatic N) is 3. The van der Waals surface area contributed by atoms with Crippen LogP contribution in [0.2, 0.25) is 0 Å². The van der Waals surface area contributed by atoms with Gasteiger partial charge in [0.2, 0.25) is 0 Å². The summed E-state index contributed by atoms with van der Waals surface area (Å²) >= 11 is 0. The minimum Gasteiger partial charge on any atom is -0.508 e. The smallest absolute Gasteiger partial charge is 0.167 e. The summed E-state index contributed by atoms with van der Waals surface area (Å²) in [4.78, 5) is 12.7. The van der Waals surface area contributed by atoms with E-state index < -0.39 is 0 Å². The summed E-state index contributed by atoms with van der Waals surface area (Å²) in [7, 11) is 0. The molecule has 0 aliphatic rings. The van der Waals surface area contributed by atoms with Crippen LogP contribution in [0.25, 0.3) is 22.8 Å². The summed E-state index contributed by atoms with van der Waals surface area (Å²) in [6.45, 7) is 4.04. The Hall–Kier alpha value is -2.95. The van der Waals surface area contributed by atoms with Crippen molar-refractivity contribution in [3.8, 4) is 34.3 Å². The van der Waals surface area contributed by atoms with Crippen LogP contribution in [0.15, 0.2) is 42.7 Å². The Morgan fingerprint density at radius 3 is 2.18 bits per heavy atom. The predicted molar refractivity (Wildman–Crippen MR) is 83.5 cm³/mol. The van der Waals surface area contributed by atoms with Crippen molar-refractivity contribution in [2.45, 2.75) is 13.8 Å². The number of aryl methyl sites for hydroxylation is 2. The van der Waals surface area contributed by atoms with Gasteiger partial charge in [0.1, 0.15) is 17.8 Å². The van der Waals surface area contributed by atoms with Crippen molar-refractivity contribution in [3.63, 3.8) is 0 Å². The van der Waals surface area contributed by atoms with Crippen molar-refractivity contribution < 1.29 is 10.2 Å². The normalized spacial score (nSPS) is 10.6. The standard InChI is InChI=1S/C17H15N3O2/c1-10-5-11(2)7-12(6-10)16-18-9-19-17(20-16)14-4-3-13(21)8-15(14)22/h3-9,21-22H,1-2H3. The van der Waals surface area contributed by atoms with E-state index in [1.54, 1.807) is 6.07 Å². The van der Waals surface area contributed by atoms with Crippen molar-refractivity contribution in [2.75, 3.05) is 0 Å². The van der Waals surface area contributed by atoms with Crippen LogP contribution >= 0.6 is 0 Å². The first-order chi connectivity index (χ1) is 10.5. The van der Waals surface area contributed by atoms with Crippen LogP contribution in [0, 0.1) is 13.8 Å². The van der Waals surface area contributed by atoms with Gasteiger partial charge in [-0.25, -0.2) is 15.0 Å². The molecule has 0 saturated carbocycles. The maximum Gasteiger partial charge on any atom is 0.167 e. The molecule has 3 rings (SSSR count). The van der Waals surface area contributed by atoms with E-state index in [9.17, 15) is 10.2 Å². The van der Waals surface area contributed by atoms with E-state index in [1.165, 1.54) is 18.5 Å². The molecule has 0 radical (unpaired) electrons. The molecule has 0 unspecified atom stereocenters. The zero-order valence-electron chi connectivity index (χ0n) is 12.3. The first-order valence-corrected chi connectivity index (χ1v) is 6.83. The highest BCUT2D eigenvalue weighted by molar-refractivity contribution is 5.67. The molecule has 1 heterocycles. The molecule has 0 saturated heterocycles. The van der Waals surface area contributed by atoms with Gasteiger partial charge < -0.3 is 10.2 Å². The van der Waals surface area contributed by atoms with Crippen LogP contribution in [-0.2, 0) is 0 Å². The summed E-state index contributed by atoms with van der Waals surface area (Å²) in [5.74, 6) is 0.827. The van der Waals surface area contributed by atoms with Crippen molar-refractivity contribution >= 4 is 0 Å². The Labute approximate surface area is 128 Å². The maximum absolute atomic E-state index is 9.93. The molecule has 2 aromatic carbocycles. The summed E-state index contributed by atoms with van der Waals surface area (Å²) in [5, 5.41) is 19.3. The van der Waals surface area contributed by atoms with Crippen LogP contribution in [0.1, 0.15) is 11.1 Å². The molecule has 0 atom stereocenters. The van der Waals surface area contributed by atoms with E-state index in [0.717, 1.165) is 16.7 Å². The highest BCUT2D eigenvalue weighted by Crippen LogP contribution is 2.30. The lowest BCUT2D eigenvalue weighted by Gasteiger charge is -2.07. The average molecular weight is 293 g/mol. The van der Waals surface area contributed by atoms with E-state index in [1.807, 2.05) is 26.0 Å². The number of rotatable bonds is 2. The Morgan fingerprint density at radius 1 is 0.818 bits per heavy atom. The SMILES string of the molecule is Cc1cc(C)cc(-c2ncnc(-c3ccc(O)cc3O)n2)c1. The largest absolute Gasteiger partial charge is 0.508 e. The zero-order chi connectivity index (χ0) is 15.7. The van der Waals surface area contributed by atoms with Gasteiger partial charge in [-0.1, -0.05) is 17.2 Å². The van der Waals surface area contributed by atoms with E-state index >= 15 is 0 Å². The molecule has 0 bridgehead atoms. The van der Waals surface area contributed by atoms with Gasteiger partial charge in [0, 0.05) is 11.6 Å². The fraction of sp³-hybridized carbons (Fsp3) is 0.118. The topological polar surface area (TPSA) is 79.1 Å². The first kappa shape index (κ1) is 14.0. The minimum absolute atomic E-state index is 0.00941. The molecule has 22 heavy (non-hydrogen) atoms. The molecule has 1 aromatic heterocycles. The van der Waals surface area contributed by atoms with Gasteiger partial charge in [-0.05, 0) is 38.1 Å². The van der Waals surface area contributed by atoms with Gasteiger partial charge >= 0.3 is 0 Å². The van der Waals surface area contributed by atoms with Crippen LogP contribution in [-0.4, -0.2) is 25.2 Å². The number of phenols is 2. The van der Waals surface area contributed by atoms with E-state index in [-0.39, 0.29) is 11.5 Å². The Morgan fingerprint density at radius 2 is 1.50 bits per heavy atom. The molecule has 2 N–H and O–H groups in total. The maximum atomic E-state index is 9.93. The molecule has 0 spiro atoms. The fourth-order valence-corrected chi connectivity index (χ4v) is 2.38. The third-order valence-electron chi connectivity index (χ3n) is 3.27. The van der Waals surface area contributed by atoms with E-state index in [2.05, 4.69) is 21.0 Å². The average Bonchev–Trinajstić information content (AvgIpc) is 2.46. The van der Waals surface area contributed by atoms with Gasteiger partial charge in [0.05, 0.1) is 5.56 Å². The van der Waals surface area contributed by atoms with Crippen molar-refractivity contribution in [1.82, 2.24) is 15.0 Å². The number of phenolic OH excluding ortho intramolecular Hbond substituents is 2. The van der Waals surface area contributed by atoms with Gasteiger partial charge in [-0.2, -0.15) is 0 Å². The summed E-state index contributed by atoms with van der Waals surface area (Å²) in [6, 6.07) is 10.4. The molecule has 110 valence electrons. The summed E-state index contributed by atoms with van der Waals surface area (Å²) in [5.41, 5.74) is 3.61. The molecule has 0 fully saturated rings. The quantitative estimate of drug-likeness (QED) is 0.758. The molecular formula is C17H15N3O2. The minimum atomic E-state index is -0.0717. The number of benzene rings is 2. The summed E-state index contributed by atoms with van der Waals surface area (Å²) in [6.07, 6.45) is 1.42. The lowest BCUT2D eigenvalue weighted by Crippen LogP contribution is -1.96. The number of aromatic nitrogens is 3. The highest BCUT2D eigenvalue weighted by Gasteiger charge is 2.11. The van der Waals surface area contributed by atoms with Crippen molar-refractivity contribution in [2.24, 2.45) is 0 Å². The van der Waals surface area contributed by atoms with Crippen molar-refractivity contribution in [3.05, 3.63) is 53.9 Å². The van der Waals surface area contributed by atoms with Crippen LogP contribution in [0.3, 0.4) is 0 Å². The van der Waals surface area contributed by atoms with Crippen molar-refractivity contribution in [1.29, 1.82) is 0 Å². The Kier molecular flexibility index (Phi) is 3.47. The lowest BCUT2D eigenvalue weighted by atomic mass is 10.1. The zero-order valence-corrected chi connectivity index (χ0v) is 12.3. The highest BCUT2D eigenvalue weighted by atomic mass is 16.3. The number of hydrogen-bond donors (Lipinski definition) is 2. The summed E-state index contributed by atoms with van der Waals surface area (Å²) < 4.78 is 0. The number of hydrogen-bond acceptors (Lipinski definition) is 5. The van der Waals surface area contributed by atoms with E-state index in [0.29, 0.717) is 17.2 Å². The van der Waals surface area contributed by atoms with Crippen LogP contribution < -0.4 is 0 Å². The molecule has 5 nitrogen and oxygen atoms in total. The number of aromatic hydroxyl groups is 2. The van der Waals surface area contributed by atoms with Gasteiger partial charge in [-0.15, -0.1) is 0 Å². The molecule has 0 aliphatic heterocycles. The van der Waals surface area contributed by atoms with Gasteiger partial charge in [0.25, 0.3) is 0 Å². The third-order valence-corrected chi connectivity index (χ3v) is 3.27. The second-order valence-electron chi connectivity index (χ2n) is 5.21. The first-order valence-electron chi connectivity index (χ1n) is 6.83. The van der Waals surface area contributed by atoms with Crippen LogP contribution in [0.4, 0.5) is 0 Å². The second-order valence-corrected chi connectivity index (χ2v) is 5.21. The fourth-order valence-electron chi connectivity index (χ4n) is 2.38. The molecule has 5 heteroatoms. The molecule has 0 aliphatic carbocycles. The molecular weight excluding hydrogens is 278 g/mol. The van der Waals surface area contributed by atoms with Gasteiger partial charge in [0.15, 0.2) is 11.6 Å². The van der Waals surface area contributed by atoms with Gasteiger partial charge in [-0.3, -0.25) is 0 Å². The monoisotopic (exact) mass is 293 g/mol. The van der Waals surface area contributed by atoms with Crippen LogP contribution in [0.5, 0.6) is 11.5 Å². The van der Waals surface area contributed by atoms with E-state index in [4.69, 9.17) is 0 Å². The Bertz CT molecular complexity index is 827.